The molecule has 0 bridgehead atoms. The van der Waals surface area contributed by atoms with Gasteiger partial charge < -0.3 is 19.9 Å². The molecule has 3 fully saturated rings. The second-order valence-corrected chi connectivity index (χ2v) is 12.8. The highest BCUT2D eigenvalue weighted by Gasteiger charge is 2.55. The van der Waals surface area contributed by atoms with Crippen molar-refractivity contribution in [3.63, 3.8) is 0 Å². The number of nitrogens with one attached hydrogen (secondary N) is 1. The fourth-order valence-electron chi connectivity index (χ4n) is 6.57. The van der Waals surface area contributed by atoms with Crippen molar-refractivity contribution in [2.45, 2.75) is 82.5 Å². The molecule has 2 aromatic rings. The summed E-state index contributed by atoms with van der Waals surface area (Å²) in [6.45, 7) is 4.40. The molecule has 3 heterocycles. The van der Waals surface area contributed by atoms with Crippen LogP contribution in [0.2, 0.25) is 0 Å². The second-order valence-electron chi connectivity index (χ2n) is 11.7. The summed E-state index contributed by atoms with van der Waals surface area (Å²) in [4.78, 5) is 58.9. The minimum atomic E-state index is -0.877. The number of methoxy groups -OCH3 is 1. The van der Waals surface area contributed by atoms with E-state index in [-0.39, 0.29) is 42.0 Å². The van der Waals surface area contributed by atoms with Gasteiger partial charge in [-0.15, -0.1) is 11.3 Å². The topological polar surface area (TPSA) is 96.0 Å². The summed E-state index contributed by atoms with van der Waals surface area (Å²) >= 11 is 1.39. The van der Waals surface area contributed by atoms with E-state index in [0.29, 0.717) is 37.1 Å². The number of ketones is 1. The van der Waals surface area contributed by atoms with Gasteiger partial charge in [0.1, 0.15) is 17.7 Å². The van der Waals surface area contributed by atoms with Gasteiger partial charge in [0.25, 0.3) is 11.8 Å². The normalized spacial score (nSPS) is 22.9. The number of carbonyl (C=O) groups is 4. The van der Waals surface area contributed by atoms with Gasteiger partial charge in [0.05, 0.1) is 17.5 Å². The fourth-order valence-corrected chi connectivity index (χ4v) is 7.48. The molecule has 2 aliphatic heterocycles. The van der Waals surface area contributed by atoms with E-state index >= 15 is 0 Å². The van der Waals surface area contributed by atoms with Gasteiger partial charge >= 0.3 is 0 Å². The van der Waals surface area contributed by atoms with E-state index in [1.165, 1.54) is 11.3 Å². The van der Waals surface area contributed by atoms with Gasteiger partial charge in [-0.2, -0.15) is 0 Å². The van der Waals surface area contributed by atoms with E-state index < -0.39 is 17.7 Å². The Morgan fingerprint density at radius 3 is 2.45 bits per heavy atom. The molecule has 1 N–H and O–H groups in total. The van der Waals surface area contributed by atoms with E-state index in [4.69, 9.17) is 4.74 Å². The third-order valence-electron chi connectivity index (χ3n) is 8.61. The van der Waals surface area contributed by atoms with Crippen LogP contribution in [0.3, 0.4) is 0 Å². The predicted octanol–water partition coefficient (Wildman–Crippen LogP) is 4.29. The van der Waals surface area contributed by atoms with Crippen LogP contribution in [0.5, 0.6) is 0 Å². The number of amides is 3. The summed E-state index contributed by atoms with van der Waals surface area (Å²) in [5.74, 6) is -0.636. The monoisotopic (exact) mass is 565 g/mol. The van der Waals surface area contributed by atoms with Gasteiger partial charge in [-0.05, 0) is 49.3 Å². The molecule has 3 atom stereocenters. The molecule has 0 radical (unpaired) electrons. The van der Waals surface area contributed by atoms with Gasteiger partial charge in [-0.1, -0.05) is 63.4 Å². The number of Topliss-reactive ketones (excluding diaryl/α,β-unsaturated/α-hetero) is 1. The molecule has 3 unspecified atom stereocenters. The zero-order valence-corrected chi connectivity index (χ0v) is 24.4. The lowest BCUT2D eigenvalue weighted by Gasteiger charge is -2.38. The maximum atomic E-state index is 13.9. The Kier molecular flexibility index (Phi) is 8.42. The van der Waals surface area contributed by atoms with Crippen LogP contribution in [0.1, 0.15) is 68.5 Å². The average Bonchev–Trinajstić information content (AvgIpc) is 3.70. The van der Waals surface area contributed by atoms with Crippen LogP contribution >= 0.6 is 11.3 Å². The van der Waals surface area contributed by atoms with E-state index in [0.717, 1.165) is 29.7 Å². The van der Waals surface area contributed by atoms with Gasteiger partial charge in [0.15, 0.2) is 5.78 Å². The number of ether oxygens (including phenoxy) is 1. The molecule has 1 aromatic heterocycles. The Morgan fingerprint density at radius 2 is 1.77 bits per heavy atom. The number of fused-ring (bicyclic) bond motifs is 1. The number of thiophene rings is 1. The lowest BCUT2D eigenvalue weighted by molar-refractivity contribution is -0.160. The number of nitrogens with zero attached hydrogens (tertiary/aromatic N) is 2. The number of hydrogen-bond donors (Lipinski definition) is 1. The molecular weight excluding hydrogens is 526 g/mol. The summed E-state index contributed by atoms with van der Waals surface area (Å²) in [6.07, 6.45) is 5.24. The van der Waals surface area contributed by atoms with Gasteiger partial charge in [-0.25, -0.2) is 0 Å². The molecule has 40 heavy (non-hydrogen) atoms. The highest BCUT2D eigenvalue weighted by Crippen LogP contribution is 2.38. The van der Waals surface area contributed by atoms with Crippen LogP contribution < -0.4 is 5.32 Å². The van der Waals surface area contributed by atoms with Crippen molar-refractivity contribution in [3.05, 3.63) is 47.3 Å². The molecule has 214 valence electrons. The van der Waals surface area contributed by atoms with E-state index in [9.17, 15) is 19.2 Å². The van der Waals surface area contributed by atoms with Crippen LogP contribution in [0.4, 0.5) is 0 Å². The first kappa shape index (κ1) is 28.5. The Balaban J connectivity index is 1.31. The van der Waals surface area contributed by atoms with Crippen molar-refractivity contribution in [2.24, 2.45) is 5.92 Å². The SMILES string of the molecule is COC1(C(=O)N2CC(=O)C3C2CCN3C(=O)C(CC(C)C)NC(=O)c2ccc(-c3ccccc3)s2)CCCCC1. The first-order chi connectivity index (χ1) is 19.2. The highest BCUT2D eigenvalue weighted by atomic mass is 32.1. The Morgan fingerprint density at radius 1 is 1.05 bits per heavy atom. The molecule has 5 rings (SSSR count). The van der Waals surface area contributed by atoms with Crippen LogP contribution in [0, 0.1) is 5.92 Å². The lowest BCUT2D eigenvalue weighted by atomic mass is 9.83. The Bertz CT molecular complexity index is 1250. The Labute approximate surface area is 240 Å². The molecular formula is C31H39N3O5S. The van der Waals surface area contributed by atoms with Crippen molar-refractivity contribution in [1.82, 2.24) is 15.1 Å². The smallest absolute Gasteiger partial charge is 0.262 e. The first-order valence-electron chi connectivity index (χ1n) is 14.4. The summed E-state index contributed by atoms with van der Waals surface area (Å²) in [6, 6.07) is 11.8. The number of hydrogen-bond acceptors (Lipinski definition) is 6. The quantitative estimate of drug-likeness (QED) is 0.515. The van der Waals surface area contributed by atoms with E-state index in [1.807, 2.05) is 50.2 Å². The predicted molar refractivity (Wildman–Crippen MR) is 154 cm³/mol. The fraction of sp³-hybridized carbons (Fsp3) is 0.548. The third-order valence-corrected chi connectivity index (χ3v) is 9.74. The lowest BCUT2D eigenvalue weighted by Crippen LogP contribution is -2.54. The number of carbonyl (C=O) groups excluding carboxylic acids is 4. The summed E-state index contributed by atoms with van der Waals surface area (Å²) in [7, 11) is 1.58. The number of likely N-dealkylation sites (tertiary alicyclic amines) is 2. The molecule has 3 amide bonds. The number of rotatable bonds is 8. The standard InChI is InChI=1S/C31H39N3O5S/c1-20(2)18-22(32-28(36)26-13-12-25(40-26)21-10-6-4-7-11-21)29(37)33-17-14-23-27(33)24(35)19-34(23)30(38)31(39-3)15-8-5-9-16-31/h4,6-7,10-13,20,22-23,27H,5,8-9,14-19H2,1-3H3,(H,32,36). The Hall–Kier alpha value is -3.04. The van der Waals surface area contributed by atoms with Gasteiger partial charge in [0, 0.05) is 18.5 Å². The van der Waals surface area contributed by atoms with Crippen molar-refractivity contribution >= 4 is 34.8 Å². The summed E-state index contributed by atoms with van der Waals surface area (Å²) in [5, 5.41) is 2.97. The molecule has 1 saturated carbocycles. The van der Waals surface area contributed by atoms with Crippen molar-refractivity contribution in [2.75, 3.05) is 20.2 Å². The molecule has 1 aromatic carbocycles. The van der Waals surface area contributed by atoms with Crippen molar-refractivity contribution < 1.29 is 23.9 Å². The van der Waals surface area contributed by atoms with Crippen LogP contribution in [0.15, 0.2) is 42.5 Å². The molecule has 2 saturated heterocycles. The number of benzene rings is 1. The maximum absolute atomic E-state index is 13.9. The largest absolute Gasteiger partial charge is 0.368 e. The molecule has 9 heteroatoms. The van der Waals surface area contributed by atoms with E-state index in [1.54, 1.807) is 23.0 Å². The molecule has 1 aliphatic carbocycles. The third kappa shape index (κ3) is 5.46. The average molecular weight is 566 g/mol. The highest BCUT2D eigenvalue weighted by molar-refractivity contribution is 7.17. The minimum Gasteiger partial charge on any atom is -0.368 e. The van der Waals surface area contributed by atoms with Gasteiger partial charge in [-0.3, -0.25) is 19.2 Å². The van der Waals surface area contributed by atoms with Crippen LogP contribution in [0.25, 0.3) is 10.4 Å². The first-order valence-corrected chi connectivity index (χ1v) is 15.2. The van der Waals surface area contributed by atoms with E-state index in [2.05, 4.69) is 5.32 Å². The summed E-state index contributed by atoms with van der Waals surface area (Å²) in [5.41, 5.74) is 0.157. The summed E-state index contributed by atoms with van der Waals surface area (Å²) < 4.78 is 5.78. The molecule has 8 nitrogen and oxygen atoms in total. The zero-order valence-electron chi connectivity index (χ0n) is 23.6. The van der Waals surface area contributed by atoms with Gasteiger partial charge in [0.2, 0.25) is 5.91 Å². The van der Waals surface area contributed by atoms with Crippen molar-refractivity contribution in [1.29, 1.82) is 0 Å². The zero-order chi connectivity index (χ0) is 28.4. The maximum Gasteiger partial charge on any atom is 0.262 e. The van der Waals surface area contributed by atoms with Crippen LogP contribution in [-0.4, -0.2) is 77.2 Å². The second kappa shape index (κ2) is 11.8. The van der Waals surface area contributed by atoms with Crippen LogP contribution in [-0.2, 0) is 19.1 Å². The van der Waals surface area contributed by atoms with Crippen molar-refractivity contribution in [3.8, 4) is 10.4 Å². The molecule has 0 spiro atoms. The molecule has 3 aliphatic rings. The minimum absolute atomic E-state index is 0.00171.